The summed E-state index contributed by atoms with van der Waals surface area (Å²) in [7, 11) is 4.32. The summed E-state index contributed by atoms with van der Waals surface area (Å²) in [4.78, 5) is 26.5. The van der Waals surface area contributed by atoms with Gasteiger partial charge in [0.15, 0.2) is 11.5 Å². The lowest BCUT2D eigenvalue weighted by atomic mass is 9.80. The molecule has 0 aromatic heterocycles. The molecule has 0 radical (unpaired) electrons. The van der Waals surface area contributed by atoms with Gasteiger partial charge in [-0.2, -0.15) is 8.78 Å². The molecule has 2 unspecified atom stereocenters. The third kappa shape index (κ3) is 3.67. The first-order valence-electron chi connectivity index (χ1n) is 8.59. The van der Waals surface area contributed by atoms with E-state index in [9.17, 15) is 23.5 Å². The lowest BCUT2D eigenvalue weighted by molar-refractivity contribution is -0.140. The van der Waals surface area contributed by atoms with Gasteiger partial charge in [0.05, 0.1) is 20.3 Å². The number of carboxylic acid groups (broad SMARTS) is 1. The topological polar surface area (TPSA) is 85.3 Å². The van der Waals surface area contributed by atoms with Gasteiger partial charge in [-0.15, -0.1) is 0 Å². The summed E-state index contributed by atoms with van der Waals surface area (Å²) in [5.41, 5.74) is 0.956. The zero-order valence-electron chi connectivity index (χ0n) is 15.9. The minimum Gasteiger partial charge on any atom is -0.493 e. The van der Waals surface area contributed by atoms with Crippen LogP contribution in [-0.4, -0.2) is 49.8 Å². The molecule has 154 valence electrons. The first-order chi connectivity index (χ1) is 13.8. The first-order valence-corrected chi connectivity index (χ1v) is 8.59. The molecule has 1 heterocycles. The Morgan fingerprint density at radius 2 is 1.69 bits per heavy atom. The van der Waals surface area contributed by atoms with Gasteiger partial charge in [0.1, 0.15) is 11.7 Å². The largest absolute Gasteiger partial charge is 0.493 e. The van der Waals surface area contributed by atoms with Crippen LogP contribution in [0.25, 0.3) is 0 Å². The van der Waals surface area contributed by atoms with E-state index in [-0.39, 0.29) is 16.9 Å². The average molecular weight is 407 g/mol. The zero-order chi connectivity index (χ0) is 21.3. The van der Waals surface area contributed by atoms with Crippen LogP contribution in [0.4, 0.5) is 8.78 Å². The van der Waals surface area contributed by atoms with Crippen LogP contribution in [0.3, 0.4) is 0 Å². The molecule has 2 aromatic rings. The number of aliphatic carboxylic acids is 1. The highest BCUT2D eigenvalue weighted by atomic mass is 19.3. The molecule has 0 bridgehead atoms. The van der Waals surface area contributed by atoms with Crippen LogP contribution in [0.2, 0.25) is 0 Å². The van der Waals surface area contributed by atoms with Crippen molar-refractivity contribution in [3.63, 3.8) is 0 Å². The van der Waals surface area contributed by atoms with Crippen LogP contribution in [0.1, 0.15) is 33.4 Å². The Kier molecular flexibility index (Phi) is 5.58. The zero-order valence-corrected chi connectivity index (χ0v) is 15.9. The summed E-state index contributed by atoms with van der Waals surface area (Å²) in [5.74, 6) is -2.09. The smallest absolute Gasteiger partial charge is 0.387 e. The Morgan fingerprint density at radius 3 is 2.21 bits per heavy atom. The number of methoxy groups -OCH3 is 2. The molecule has 2 atom stereocenters. The highest BCUT2D eigenvalue weighted by Gasteiger charge is 2.43. The Bertz CT molecular complexity index is 931. The quantitative estimate of drug-likeness (QED) is 0.791. The van der Waals surface area contributed by atoms with Crippen molar-refractivity contribution < 1.29 is 37.7 Å². The van der Waals surface area contributed by atoms with E-state index in [1.165, 1.54) is 62.6 Å². The number of alkyl halides is 2. The molecule has 0 fully saturated rings. The Labute approximate surface area is 165 Å². The molecule has 1 aliphatic heterocycles. The van der Waals surface area contributed by atoms with Crippen molar-refractivity contribution in [1.29, 1.82) is 0 Å². The van der Waals surface area contributed by atoms with Gasteiger partial charge in [-0.3, -0.25) is 9.59 Å². The van der Waals surface area contributed by atoms with Gasteiger partial charge < -0.3 is 24.2 Å². The van der Waals surface area contributed by atoms with E-state index in [1.807, 2.05) is 0 Å². The number of ether oxygens (including phenoxy) is 3. The number of carbonyl (C=O) groups is 2. The van der Waals surface area contributed by atoms with Crippen molar-refractivity contribution in [3.8, 4) is 17.2 Å². The predicted molar refractivity (Wildman–Crippen MR) is 97.8 cm³/mol. The number of rotatable bonds is 6. The van der Waals surface area contributed by atoms with E-state index in [2.05, 4.69) is 4.74 Å². The van der Waals surface area contributed by atoms with Gasteiger partial charge in [-0.25, -0.2) is 0 Å². The van der Waals surface area contributed by atoms with Crippen LogP contribution < -0.4 is 14.2 Å². The average Bonchev–Trinajstić information content (AvgIpc) is 2.69. The fourth-order valence-electron chi connectivity index (χ4n) is 3.58. The number of halogens is 2. The van der Waals surface area contributed by atoms with Crippen LogP contribution >= 0.6 is 0 Å². The number of hydrogen-bond donors (Lipinski definition) is 1. The Morgan fingerprint density at radius 1 is 1.10 bits per heavy atom. The van der Waals surface area contributed by atoms with Gasteiger partial charge >= 0.3 is 12.6 Å². The van der Waals surface area contributed by atoms with Gasteiger partial charge in [-0.05, 0) is 35.4 Å². The lowest BCUT2D eigenvalue weighted by Gasteiger charge is -2.39. The summed E-state index contributed by atoms with van der Waals surface area (Å²) >= 11 is 0. The summed E-state index contributed by atoms with van der Waals surface area (Å²) in [6, 6.07) is 7.64. The summed E-state index contributed by atoms with van der Waals surface area (Å²) in [5, 5.41) is 9.95. The molecule has 3 rings (SSSR count). The molecular formula is C20H19F2NO6. The van der Waals surface area contributed by atoms with Crippen LogP contribution in [0, 0.1) is 0 Å². The van der Waals surface area contributed by atoms with E-state index in [4.69, 9.17) is 9.47 Å². The SMILES string of the molecule is COc1cc2c(cc1OC)C(C(=O)O)C(c1ccc(OC(F)F)cc1)N(C)C2=O. The first kappa shape index (κ1) is 20.4. The monoisotopic (exact) mass is 407 g/mol. The van der Waals surface area contributed by atoms with Gasteiger partial charge in [0.25, 0.3) is 5.91 Å². The van der Waals surface area contributed by atoms with E-state index < -0.39 is 30.4 Å². The van der Waals surface area contributed by atoms with Crippen LogP contribution in [0.5, 0.6) is 17.2 Å². The highest BCUT2D eigenvalue weighted by Crippen LogP contribution is 2.45. The van der Waals surface area contributed by atoms with Crippen molar-refractivity contribution >= 4 is 11.9 Å². The molecule has 0 saturated carbocycles. The molecule has 0 aliphatic carbocycles. The number of fused-ring (bicyclic) bond motifs is 1. The maximum absolute atomic E-state index is 13.0. The highest BCUT2D eigenvalue weighted by molar-refractivity contribution is 6.01. The van der Waals surface area contributed by atoms with Crippen molar-refractivity contribution in [2.75, 3.05) is 21.3 Å². The van der Waals surface area contributed by atoms with Gasteiger partial charge in [-0.1, -0.05) is 12.1 Å². The maximum atomic E-state index is 13.0. The van der Waals surface area contributed by atoms with E-state index in [0.29, 0.717) is 17.1 Å². The summed E-state index contributed by atoms with van der Waals surface area (Å²) in [6.45, 7) is -2.97. The fraction of sp³-hybridized carbons (Fsp3) is 0.300. The van der Waals surface area contributed by atoms with Gasteiger partial charge in [0.2, 0.25) is 0 Å². The normalized spacial score (nSPS) is 18.4. The van der Waals surface area contributed by atoms with Crippen molar-refractivity contribution in [3.05, 3.63) is 53.1 Å². The standard InChI is InChI=1S/C20H19F2NO6/c1-23-17(10-4-6-11(7-5-10)29-20(21)22)16(19(25)26)12-8-14(27-2)15(28-3)9-13(12)18(23)24/h4-9,16-17,20H,1-3H3,(H,25,26). The second kappa shape index (κ2) is 7.94. The fourth-order valence-corrected chi connectivity index (χ4v) is 3.58. The third-order valence-electron chi connectivity index (χ3n) is 4.89. The molecule has 29 heavy (non-hydrogen) atoms. The number of hydrogen-bond acceptors (Lipinski definition) is 5. The number of carbonyl (C=O) groups excluding carboxylic acids is 1. The Hall–Kier alpha value is -3.36. The Balaban J connectivity index is 2.12. The number of amides is 1. The third-order valence-corrected chi connectivity index (χ3v) is 4.89. The molecule has 1 N–H and O–H groups in total. The van der Waals surface area contributed by atoms with E-state index in [1.54, 1.807) is 0 Å². The number of benzene rings is 2. The number of likely N-dealkylation sites (N-methyl/N-ethyl adjacent to an activating group) is 1. The van der Waals surface area contributed by atoms with Crippen molar-refractivity contribution in [2.45, 2.75) is 18.6 Å². The summed E-state index contributed by atoms with van der Waals surface area (Å²) < 4.78 is 39.6. The maximum Gasteiger partial charge on any atom is 0.387 e. The predicted octanol–water partition coefficient (Wildman–Crippen LogP) is 3.30. The second-order valence-electron chi connectivity index (χ2n) is 6.42. The lowest BCUT2D eigenvalue weighted by Crippen LogP contribution is -2.42. The van der Waals surface area contributed by atoms with Gasteiger partial charge in [0, 0.05) is 12.6 Å². The molecular weight excluding hydrogens is 388 g/mol. The molecule has 0 saturated heterocycles. The van der Waals surface area contributed by atoms with E-state index >= 15 is 0 Å². The van der Waals surface area contributed by atoms with Crippen molar-refractivity contribution in [1.82, 2.24) is 4.90 Å². The summed E-state index contributed by atoms with van der Waals surface area (Å²) in [6.07, 6.45) is 0. The minimum absolute atomic E-state index is 0.0628. The molecule has 7 nitrogen and oxygen atoms in total. The molecule has 0 spiro atoms. The van der Waals surface area contributed by atoms with Crippen LogP contribution in [0.15, 0.2) is 36.4 Å². The molecule has 9 heteroatoms. The minimum atomic E-state index is -2.97. The van der Waals surface area contributed by atoms with E-state index in [0.717, 1.165) is 0 Å². The number of nitrogens with zero attached hydrogens (tertiary/aromatic N) is 1. The number of carboxylic acids is 1. The molecule has 1 amide bonds. The second-order valence-corrected chi connectivity index (χ2v) is 6.42. The molecule has 2 aromatic carbocycles. The molecule has 1 aliphatic rings. The van der Waals surface area contributed by atoms with Crippen molar-refractivity contribution in [2.24, 2.45) is 0 Å². The van der Waals surface area contributed by atoms with Crippen LogP contribution in [-0.2, 0) is 4.79 Å².